The largest absolute Gasteiger partial charge is 0.444 e. The van der Waals surface area contributed by atoms with Gasteiger partial charge >= 0.3 is 6.09 Å². The van der Waals surface area contributed by atoms with Gasteiger partial charge in [0.15, 0.2) is 0 Å². The maximum absolute atomic E-state index is 11.8. The molecule has 2 aliphatic rings. The van der Waals surface area contributed by atoms with Crippen molar-refractivity contribution in [1.29, 1.82) is 0 Å². The first-order chi connectivity index (χ1) is 7.30. The summed E-state index contributed by atoms with van der Waals surface area (Å²) in [7, 11) is 0. The van der Waals surface area contributed by atoms with Crippen LogP contribution >= 0.6 is 0 Å². The van der Waals surface area contributed by atoms with Crippen molar-refractivity contribution in [2.75, 3.05) is 13.1 Å². The van der Waals surface area contributed by atoms with Crippen molar-refractivity contribution < 1.29 is 9.53 Å². The van der Waals surface area contributed by atoms with Gasteiger partial charge in [0.25, 0.3) is 0 Å². The highest BCUT2D eigenvalue weighted by Gasteiger charge is 2.49. The molecule has 16 heavy (non-hydrogen) atoms. The molecule has 2 fully saturated rings. The number of carbonyl (C=O) groups excluding carboxylic acids is 1. The predicted molar refractivity (Wildman–Crippen MR) is 63.3 cm³/mol. The normalized spacial score (nSPS) is 28.0. The lowest BCUT2D eigenvalue weighted by molar-refractivity contribution is -0.0330. The average Bonchev–Trinajstić information content (AvgIpc) is 2.41. The van der Waals surface area contributed by atoms with Crippen LogP contribution in [0.3, 0.4) is 0 Å². The molecule has 0 radical (unpaired) electrons. The number of amides is 1. The minimum atomic E-state index is -0.372. The van der Waals surface area contributed by atoms with E-state index >= 15 is 0 Å². The summed E-state index contributed by atoms with van der Waals surface area (Å²) < 4.78 is 5.36. The summed E-state index contributed by atoms with van der Waals surface area (Å²) in [6, 6.07) is 0. The van der Waals surface area contributed by atoms with Crippen LogP contribution in [0.4, 0.5) is 4.79 Å². The van der Waals surface area contributed by atoms with E-state index in [-0.39, 0.29) is 11.7 Å². The molecule has 1 heterocycles. The first-order valence-corrected chi connectivity index (χ1v) is 6.28. The summed E-state index contributed by atoms with van der Waals surface area (Å²) in [6.07, 6.45) is 3.75. The van der Waals surface area contributed by atoms with Gasteiger partial charge in [0.1, 0.15) is 5.60 Å². The lowest BCUT2D eigenvalue weighted by atomic mass is 9.78. The number of rotatable bonds is 0. The number of ether oxygens (including phenoxy) is 1. The molecule has 0 bridgehead atoms. The second-order valence-electron chi connectivity index (χ2n) is 6.68. The maximum Gasteiger partial charge on any atom is 0.410 e. The van der Waals surface area contributed by atoms with E-state index in [0.29, 0.717) is 5.41 Å². The Morgan fingerprint density at radius 3 is 2.44 bits per heavy atom. The zero-order chi connectivity index (χ0) is 12.0. The van der Waals surface area contributed by atoms with Gasteiger partial charge in [-0.3, -0.25) is 0 Å². The molecule has 0 aromatic rings. The van der Waals surface area contributed by atoms with Crippen molar-refractivity contribution >= 4 is 6.09 Å². The van der Waals surface area contributed by atoms with Crippen molar-refractivity contribution in [3.63, 3.8) is 0 Å². The van der Waals surface area contributed by atoms with Gasteiger partial charge in [-0.2, -0.15) is 0 Å². The summed E-state index contributed by atoms with van der Waals surface area (Å²) in [5.41, 5.74) is 0.0686. The number of likely N-dealkylation sites (tertiary alicyclic amines) is 1. The topological polar surface area (TPSA) is 29.5 Å². The predicted octanol–water partition coefficient (Wildman–Crippen LogP) is 3.04. The molecular formula is C13H23NO2. The fourth-order valence-corrected chi connectivity index (χ4v) is 3.00. The second-order valence-corrected chi connectivity index (χ2v) is 6.68. The van der Waals surface area contributed by atoms with Gasteiger partial charge in [-0.25, -0.2) is 4.79 Å². The Labute approximate surface area is 98.1 Å². The van der Waals surface area contributed by atoms with E-state index in [9.17, 15) is 4.79 Å². The van der Waals surface area contributed by atoms with Crippen molar-refractivity contribution in [3.8, 4) is 0 Å². The molecule has 0 aromatic heterocycles. The minimum Gasteiger partial charge on any atom is -0.444 e. The van der Waals surface area contributed by atoms with Gasteiger partial charge in [-0.1, -0.05) is 13.3 Å². The van der Waals surface area contributed by atoms with E-state index in [0.717, 1.165) is 19.0 Å². The number of carbonyl (C=O) groups is 1. The van der Waals surface area contributed by atoms with Gasteiger partial charge < -0.3 is 9.64 Å². The van der Waals surface area contributed by atoms with Crippen molar-refractivity contribution in [1.82, 2.24) is 4.90 Å². The standard InChI is InChI=1S/C13H23NO2/c1-10-5-6-13(7-10)8-14(9-13)11(15)16-12(2,3)4/h10H,5-9H2,1-4H3. The van der Waals surface area contributed by atoms with Crippen molar-refractivity contribution in [3.05, 3.63) is 0 Å². The lowest BCUT2D eigenvalue weighted by Crippen LogP contribution is -2.58. The third kappa shape index (κ3) is 2.33. The molecule has 1 saturated carbocycles. The van der Waals surface area contributed by atoms with Gasteiger partial charge in [0, 0.05) is 18.5 Å². The second kappa shape index (κ2) is 3.64. The summed E-state index contributed by atoms with van der Waals surface area (Å²) in [5.74, 6) is 0.834. The van der Waals surface area contributed by atoms with Crippen LogP contribution in [0.2, 0.25) is 0 Å². The molecule has 0 N–H and O–H groups in total. The molecule has 1 saturated heterocycles. The van der Waals surface area contributed by atoms with Crippen molar-refractivity contribution in [2.24, 2.45) is 11.3 Å². The molecule has 1 spiro atoms. The van der Waals surface area contributed by atoms with E-state index in [2.05, 4.69) is 6.92 Å². The van der Waals surface area contributed by atoms with Crippen molar-refractivity contribution in [2.45, 2.75) is 52.6 Å². The molecule has 1 aliphatic heterocycles. The Morgan fingerprint density at radius 2 is 2.00 bits per heavy atom. The quantitative estimate of drug-likeness (QED) is 0.634. The Bertz CT molecular complexity index is 287. The molecular weight excluding hydrogens is 202 g/mol. The zero-order valence-corrected chi connectivity index (χ0v) is 10.9. The average molecular weight is 225 g/mol. The highest BCUT2D eigenvalue weighted by Crippen LogP contribution is 2.48. The van der Waals surface area contributed by atoms with Gasteiger partial charge in [0.05, 0.1) is 0 Å². The zero-order valence-electron chi connectivity index (χ0n) is 10.9. The fourth-order valence-electron chi connectivity index (χ4n) is 3.00. The Kier molecular flexibility index (Phi) is 2.67. The third-order valence-corrected chi connectivity index (χ3v) is 3.65. The molecule has 0 aromatic carbocycles. The van der Waals surface area contributed by atoms with Crippen LogP contribution in [0.15, 0.2) is 0 Å². The summed E-state index contributed by atoms with van der Waals surface area (Å²) in [5, 5.41) is 0. The van der Waals surface area contributed by atoms with Crippen LogP contribution in [-0.2, 0) is 4.74 Å². The molecule has 1 amide bonds. The number of hydrogen-bond donors (Lipinski definition) is 0. The van der Waals surface area contributed by atoms with Gasteiger partial charge in [-0.05, 0) is 39.5 Å². The highest BCUT2D eigenvalue weighted by molar-refractivity contribution is 5.69. The van der Waals surface area contributed by atoms with Crippen LogP contribution in [0.5, 0.6) is 0 Å². The minimum absolute atomic E-state index is 0.141. The van der Waals surface area contributed by atoms with E-state index < -0.39 is 0 Å². The lowest BCUT2D eigenvalue weighted by Gasteiger charge is -2.48. The Balaban J connectivity index is 1.82. The van der Waals surface area contributed by atoms with Crippen LogP contribution in [0.25, 0.3) is 0 Å². The fraction of sp³-hybridized carbons (Fsp3) is 0.923. The van der Waals surface area contributed by atoms with Gasteiger partial charge in [0.2, 0.25) is 0 Å². The maximum atomic E-state index is 11.8. The summed E-state index contributed by atoms with van der Waals surface area (Å²) in [4.78, 5) is 13.6. The first kappa shape index (κ1) is 11.7. The molecule has 3 nitrogen and oxygen atoms in total. The van der Waals surface area contributed by atoms with E-state index in [1.807, 2.05) is 25.7 Å². The molecule has 3 heteroatoms. The molecule has 1 atom stereocenters. The number of nitrogens with zero attached hydrogens (tertiary/aromatic N) is 1. The molecule has 2 rings (SSSR count). The SMILES string of the molecule is CC1CCC2(C1)CN(C(=O)OC(C)(C)C)C2. The number of hydrogen-bond acceptors (Lipinski definition) is 2. The highest BCUT2D eigenvalue weighted by atomic mass is 16.6. The summed E-state index contributed by atoms with van der Waals surface area (Å²) >= 11 is 0. The molecule has 1 aliphatic carbocycles. The van der Waals surface area contributed by atoms with E-state index in [4.69, 9.17) is 4.74 Å². The Hall–Kier alpha value is -0.730. The van der Waals surface area contributed by atoms with E-state index in [1.54, 1.807) is 0 Å². The van der Waals surface area contributed by atoms with Gasteiger partial charge in [-0.15, -0.1) is 0 Å². The Morgan fingerprint density at radius 1 is 1.38 bits per heavy atom. The summed E-state index contributed by atoms with van der Waals surface area (Å²) in [6.45, 7) is 9.87. The monoisotopic (exact) mass is 225 g/mol. The van der Waals surface area contributed by atoms with Crippen LogP contribution in [0.1, 0.15) is 47.0 Å². The van der Waals surface area contributed by atoms with Crippen LogP contribution in [-0.4, -0.2) is 29.7 Å². The van der Waals surface area contributed by atoms with Crippen LogP contribution < -0.4 is 0 Å². The van der Waals surface area contributed by atoms with Crippen LogP contribution in [0, 0.1) is 11.3 Å². The smallest absolute Gasteiger partial charge is 0.410 e. The third-order valence-electron chi connectivity index (χ3n) is 3.65. The molecule has 92 valence electrons. The van der Waals surface area contributed by atoms with E-state index in [1.165, 1.54) is 19.3 Å². The first-order valence-electron chi connectivity index (χ1n) is 6.28. The molecule has 1 unspecified atom stereocenters.